The Kier molecular flexibility index (Phi) is 4.79. The molecule has 4 heteroatoms. The molecule has 2 aliphatic heterocycles. The first-order valence-electron chi connectivity index (χ1n) is 8.40. The Balaban J connectivity index is 1.74. The summed E-state index contributed by atoms with van der Waals surface area (Å²) in [6, 6.07) is 6.53. The van der Waals surface area contributed by atoms with Crippen molar-refractivity contribution in [3.05, 3.63) is 34.9 Å². The van der Waals surface area contributed by atoms with Crippen molar-refractivity contribution in [2.75, 3.05) is 19.7 Å². The molecule has 0 aliphatic carbocycles. The minimum atomic E-state index is 0.177. The largest absolute Gasteiger partial charge is 0.374 e. The van der Waals surface area contributed by atoms with Gasteiger partial charge < -0.3 is 15.0 Å². The molecular weight excluding hydrogens is 276 g/mol. The van der Waals surface area contributed by atoms with Gasteiger partial charge in [-0.2, -0.15) is 0 Å². The third-order valence-electron chi connectivity index (χ3n) is 4.86. The number of hydrogen-bond donors (Lipinski definition) is 1. The highest BCUT2D eigenvalue weighted by Gasteiger charge is 2.29. The SMILES string of the molecule is CCC1CN(C(=O)Cc2cccc3c2CCNC3)C(C)CO1. The van der Waals surface area contributed by atoms with Crippen LogP contribution in [0.25, 0.3) is 0 Å². The fourth-order valence-electron chi connectivity index (χ4n) is 3.45. The van der Waals surface area contributed by atoms with Crippen LogP contribution in [0.5, 0.6) is 0 Å². The molecule has 1 saturated heterocycles. The van der Waals surface area contributed by atoms with Gasteiger partial charge in [-0.25, -0.2) is 0 Å². The third-order valence-corrected chi connectivity index (χ3v) is 4.86. The van der Waals surface area contributed by atoms with E-state index in [9.17, 15) is 4.79 Å². The van der Waals surface area contributed by atoms with Crippen molar-refractivity contribution in [3.63, 3.8) is 0 Å². The van der Waals surface area contributed by atoms with Crippen LogP contribution in [-0.4, -0.2) is 42.6 Å². The standard InChI is InChI=1S/C18H26N2O2/c1-3-16-11-20(13(2)12-22-16)18(21)9-14-5-4-6-15-10-19-8-7-17(14)15/h4-6,13,16,19H,3,7-12H2,1-2H3. The molecule has 1 aromatic rings. The van der Waals surface area contributed by atoms with Gasteiger partial charge >= 0.3 is 0 Å². The first-order valence-corrected chi connectivity index (χ1v) is 8.40. The van der Waals surface area contributed by atoms with Gasteiger partial charge in [0.25, 0.3) is 0 Å². The Bertz CT molecular complexity index is 544. The van der Waals surface area contributed by atoms with E-state index in [0.29, 0.717) is 13.0 Å². The Hall–Kier alpha value is -1.39. The Morgan fingerprint density at radius 1 is 1.45 bits per heavy atom. The lowest BCUT2D eigenvalue weighted by atomic mass is 9.93. The Morgan fingerprint density at radius 2 is 2.32 bits per heavy atom. The minimum Gasteiger partial charge on any atom is -0.374 e. The second-order valence-corrected chi connectivity index (χ2v) is 6.42. The molecule has 4 nitrogen and oxygen atoms in total. The predicted octanol–water partition coefficient (Wildman–Crippen LogP) is 1.90. The zero-order valence-corrected chi connectivity index (χ0v) is 13.6. The van der Waals surface area contributed by atoms with Crippen molar-refractivity contribution in [1.82, 2.24) is 10.2 Å². The van der Waals surface area contributed by atoms with Crippen LogP contribution < -0.4 is 5.32 Å². The molecule has 0 aromatic heterocycles. The van der Waals surface area contributed by atoms with E-state index >= 15 is 0 Å². The number of rotatable bonds is 3. The predicted molar refractivity (Wildman–Crippen MR) is 86.8 cm³/mol. The monoisotopic (exact) mass is 302 g/mol. The quantitative estimate of drug-likeness (QED) is 0.927. The fourth-order valence-corrected chi connectivity index (χ4v) is 3.45. The van der Waals surface area contributed by atoms with Crippen molar-refractivity contribution in [3.8, 4) is 0 Å². The van der Waals surface area contributed by atoms with Crippen molar-refractivity contribution in [2.24, 2.45) is 0 Å². The highest BCUT2D eigenvalue weighted by atomic mass is 16.5. The summed E-state index contributed by atoms with van der Waals surface area (Å²) in [6.45, 7) is 7.50. The van der Waals surface area contributed by atoms with Gasteiger partial charge in [0.2, 0.25) is 5.91 Å². The summed E-state index contributed by atoms with van der Waals surface area (Å²) < 4.78 is 5.76. The van der Waals surface area contributed by atoms with Crippen molar-refractivity contribution >= 4 is 5.91 Å². The average Bonchev–Trinajstić information content (AvgIpc) is 2.55. The van der Waals surface area contributed by atoms with Gasteiger partial charge in [0.1, 0.15) is 0 Å². The molecule has 2 unspecified atom stereocenters. The van der Waals surface area contributed by atoms with Gasteiger partial charge in [0.05, 0.1) is 25.2 Å². The van der Waals surface area contributed by atoms with E-state index in [0.717, 1.165) is 32.5 Å². The van der Waals surface area contributed by atoms with Crippen molar-refractivity contribution < 1.29 is 9.53 Å². The van der Waals surface area contributed by atoms with E-state index in [1.165, 1.54) is 16.7 Å². The van der Waals surface area contributed by atoms with E-state index < -0.39 is 0 Å². The molecule has 2 heterocycles. The number of fused-ring (bicyclic) bond motifs is 1. The molecule has 2 atom stereocenters. The lowest BCUT2D eigenvalue weighted by Gasteiger charge is -2.38. The number of carbonyl (C=O) groups excluding carboxylic acids is 1. The molecule has 1 N–H and O–H groups in total. The van der Waals surface area contributed by atoms with Gasteiger partial charge in [-0.1, -0.05) is 25.1 Å². The summed E-state index contributed by atoms with van der Waals surface area (Å²) in [4.78, 5) is 14.8. The number of ether oxygens (including phenoxy) is 1. The first kappa shape index (κ1) is 15.5. The van der Waals surface area contributed by atoms with Crippen LogP contribution in [0.4, 0.5) is 0 Å². The van der Waals surface area contributed by atoms with Crippen molar-refractivity contribution in [2.45, 2.75) is 51.8 Å². The molecular formula is C18H26N2O2. The molecule has 120 valence electrons. The number of benzene rings is 1. The topological polar surface area (TPSA) is 41.6 Å². The zero-order valence-electron chi connectivity index (χ0n) is 13.6. The molecule has 0 radical (unpaired) electrons. The normalized spacial score (nSPS) is 24.9. The maximum absolute atomic E-state index is 12.8. The lowest BCUT2D eigenvalue weighted by molar-refractivity contribution is -0.143. The zero-order chi connectivity index (χ0) is 15.5. The number of nitrogens with zero attached hydrogens (tertiary/aromatic N) is 1. The van der Waals surface area contributed by atoms with Crippen LogP contribution >= 0.6 is 0 Å². The van der Waals surface area contributed by atoms with Gasteiger partial charge in [0, 0.05) is 13.1 Å². The summed E-state index contributed by atoms with van der Waals surface area (Å²) in [5.74, 6) is 0.237. The molecule has 2 aliphatic rings. The minimum absolute atomic E-state index is 0.177. The van der Waals surface area contributed by atoms with Crippen LogP contribution in [0, 0.1) is 0 Å². The second-order valence-electron chi connectivity index (χ2n) is 6.42. The number of amides is 1. The van der Waals surface area contributed by atoms with Crippen LogP contribution in [-0.2, 0) is 28.9 Å². The van der Waals surface area contributed by atoms with Crippen molar-refractivity contribution in [1.29, 1.82) is 0 Å². The lowest BCUT2D eigenvalue weighted by Crippen LogP contribution is -2.51. The smallest absolute Gasteiger partial charge is 0.227 e. The van der Waals surface area contributed by atoms with Crippen LogP contribution in [0.15, 0.2) is 18.2 Å². The van der Waals surface area contributed by atoms with E-state index in [4.69, 9.17) is 4.74 Å². The summed E-state index contributed by atoms with van der Waals surface area (Å²) in [7, 11) is 0. The molecule has 1 amide bonds. The summed E-state index contributed by atoms with van der Waals surface area (Å²) >= 11 is 0. The molecule has 3 rings (SSSR count). The second kappa shape index (κ2) is 6.80. The van der Waals surface area contributed by atoms with Gasteiger partial charge in [0.15, 0.2) is 0 Å². The third kappa shape index (κ3) is 3.18. The Labute approximate surface area is 132 Å². The fraction of sp³-hybridized carbons (Fsp3) is 0.611. The molecule has 0 bridgehead atoms. The van der Waals surface area contributed by atoms with E-state index in [-0.39, 0.29) is 18.1 Å². The highest BCUT2D eigenvalue weighted by Crippen LogP contribution is 2.21. The first-order chi connectivity index (χ1) is 10.7. The molecule has 1 fully saturated rings. The number of hydrogen-bond acceptors (Lipinski definition) is 3. The maximum Gasteiger partial charge on any atom is 0.227 e. The van der Waals surface area contributed by atoms with Crippen LogP contribution in [0.2, 0.25) is 0 Å². The van der Waals surface area contributed by atoms with E-state index in [2.05, 4.69) is 37.4 Å². The van der Waals surface area contributed by atoms with Crippen LogP contribution in [0.3, 0.4) is 0 Å². The highest BCUT2D eigenvalue weighted by molar-refractivity contribution is 5.79. The maximum atomic E-state index is 12.8. The average molecular weight is 302 g/mol. The summed E-state index contributed by atoms with van der Waals surface area (Å²) in [5.41, 5.74) is 3.93. The number of nitrogens with one attached hydrogen (secondary N) is 1. The van der Waals surface area contributed by atoms with Gasteiger partial charge in [-0.05, 0) is 43.0 Å². The summed E-state index contributed by atoms with van der Waals surface area (Å²) in [6.07, 6.45) is 2.69. The Morgan fingerprint density at radius 3 is 3.14 bits per heavy atom. The van der Waals surface area contributed by atoms with E-state index in [1.54, 1.807) is 0 Å². The molecule has 0 spiro atoms. The van der Waals surface area contributed by atoms with Gasteiger partial charge in [-0.3, -0.25) is 4.79 Å². The summed E-state index contributed by atoms with van der Waals surface area (Å²) in [5, 5.41) is 3.39. The van der Waals surface area contributed by atoms with E-state index in [1.807, 2.05) is 4.90 Å². The molecule has 22 heavy (non-hydrogen) atoms. The number of morpholine rings is 1. The number of carbonyl (C=O) groups is 1. The molecule has 1 aromatic carbocycles. The molecule has 0 saturated carbocycles. The van der Waals surface area contributed by atoms with Crippen LogP contribution in [0.1, 0.15) is 37.0 Å². The van der Waals surface area contributed by atoms with Gasteiger partial charge in [-0.15, -0.1) is 0 Å².